The molecule has 8 heteroatoms. The molecule has 1 aromatic carbocycles. The van der Waals surface area contributed by atoms with E-state index >= 15 is 0 Å². The molecule has 0 saturated carbocycles. The van der Waals surface area contributed by atoms with Crippen LogP contribution >= 0.6 is 12.4 Å². The monoisotopic (exact) mass is 347 g/mol. The van der Waals surface area contributed by atoms with Crippen molar-refractivity contribution in [1.29, 1.82) is 0 Å². The zero-order chi connectivity index (χ0) is 15.3. The van der Waals surface area contributed by atoms with Crippen LogP contribution in [0.5, 0.6) is 0 Å². The third-order valence-electron chi connectivity index (χ3n) is 3.26. The van der Waals surface area contributed by atoms with E-state index in [0.29, 0.717) is 30.8 Å². The number of anilines is 1. The van der Waals surface area contributed by atoms with Crippen LogP contribution in [0.4, 0.5) is 5.69 Å². The summed E-state index contributed by atoms with van der Waals surface area (Å²) in [5.74, 6) is 0.0104. The molecule has 1 amide bonds. The quantitative estimate of drug-likeness (QED) is 0.841. The summed E-state index contributed by atoms with van der Waals surface area (Å²) in [5, 5.41) is 3.19. The van der Waals surface area contributed by atoms with E-state index in [1.807, 2.05) is 6.92 Å². The summed E-state index contributed by atoms with van der Waals surface area (Å²) in [7, 11) is -3.34. The number of hydrogen-bond acceptors (Lipinski definition) is 4. The van der Waals surface area contributed by atoms with Crippen molar-refractivity contribution in [2.45, 2.75) is 13.3 Å². The number of benzene rings is 1. The lowest BCUT2D eigenvalue weighted by Gasteiger charge is -2.27. The molecule has 0 bridgehead atoms. The largest absolute Gasteiger partial charge is 0.336 e. The molecular weight excluding hydrogens is 326 g/mol. The highest BCUT2D eigenvalue weighted by Crippen LogP contribution is 2.15. The number of amides is 1. The van der Waals surface area contributed by atoms with Gasteiger partial charge in [-0.3, -0.25) is 9.52 Å². The summed E-state index contributed by atoms with van der Waals surface area (Å²) in [6, 6.07) is 6.65. The van der Waals surface area contributed by atoms with E-state index in [4.69, 9.17) is 0 Å². The first kappa shape index (κ1) is 18.7. The van der Waals surface area contributed by atoms with Crippen molar-refractivity contribution in [1.82, 2.24) is 10.2 Å². The molecule has 2 N–H and O–H groups in total. The minimum atomic E-state index is -3.34. The highest BCUT2D eigenvalue weighted by molar-refractivity contribution is 7.92. The molecule has 1 heterocycles. The van der Waals surface area contributed by atoms with Crippen LogP contribution in [0.25, 0.3) is 0 Å². The Morgan fingerprint density at radius 1 is 1.32 bits per heavy atom. The Kier molecular flexibility index (Phi) is 7.12. The topological polar surface area (TPSA) is 78.5 Å². The van der Waals surface area contributed by atoms with Crippen LogP contribution in [0.15, 0.2) is 24.3 Å². The third-order valence-corrected chi connectivity index (χ3v) is 4.75. The van der Waals surface area contributed by atoms with Crippen LogP contribution < -0.4 is 10.0 Å². The van der Waals surface area contributed by atoms with Crippen molar-refractivity contribution >= 4 is 34.0 Å². The van der Waals surface area contributed by atoms with Crippen LogP contribution in [0, 0.1) is 0 Å². The van der Waals surface area contributed by atoms with E-state index in [0.717, 1.165) is 13.1 Å². The molecule has 1 saturated heterocycles. The van der Waals surface area contributed by atoms with Gasteiger partial charge in [0.25, 0.3) is 5.91 Å². The first-order chi connectivity index (χ1) is 10.0. The molecule has 0 radical (unpaired) electrons. The number of carbonyl (C=O) groups is 1. The van der Waals surface area contributed by atoms with Gasteiger partial charge in [0.05, 0.1) is 5.75 Å². The standard InChI is InChI=1S/C14H21N3O3S.ClH/c1-2-10-21(19,20)16-13-5-3-4-12(11-13)14(18)17-8-6-15-7-9-17;/h3-5,11,15-16H,2,6-10H2,1H3;1H. The second-order valence-electron chi connectivity index (χ2n) is 5.04. The van der Waals surface area contributed by atoms with Crippen LogP contribution in [0.3, 0.4) is 0 Å². The maximum absolute atomic E-state index is 12.4. The van der Waals surface area contributed by atoms with Crippen molar-refractivity contribution < 1.29 is 13.2 Å². The molecule has 0 aliphatic carbocycles. The number of carbonyl (C=O) groups excluding carboxylic acids is 1. The number of nitrogens with one attached hydrogen (secondary N) is 2. The molecule has 1 aliphatic rings. The molecule has 1 aliphatic heterocycles. The van der Waals surface area contributed by atoms with E-state index in [2.05, 4.69) is 10.0 Å². The second kappa shape index (κ2) is 8.36. The van der Waals surface area contributed by atoms with Crippen molar-refractivity contribution in [3.63, 3.8) is 0 Å². The van der Waals surface area contributed by atoms with E-state index in [1.165, 1.54) is 0 Å². The minimum absolute atomic E-state index is 0. The lowest BCUT2D eigenvalue weighted by molar-refractivity contribution is 0.0736. The Labute approximate surface area is 137 Å². The van der Waals surface area contributed by atoms with Crippen LogP contribution in [-0.2, 0) is 10.0 Å². The molecule has 22 heavy (non-hydrogen) atoms. The van der Waals surface area contributed by atoms with Crippen molar-refractivity contribution in [3.05, 3.63) is 29.8 Å². The van der Waals surface area contributed by atoms with Gasteiger partial charge in [0, 0.05) is 37.4 Å². The second-order valence-corrected chi connectivity index (χ2v) is 6.89. The van der Waals surface area contributed by atoms with Gasteiger partial charge in [-0.1, -0.05) is 13.0 Å². The molecular formula is C14H22ClN3O3S. The van der Waals surface area contributed by atoms with E-state index in [9.17, 15) is 13.2 Å². The number of halogens is 1. The summed E-state index contributed by atoms with van der Waals surface area (Å²) in [5.41, 5.74) is 0.943. The lowest BCUT2D eigenvalue weighted by Crippen LogP contribution is -2.46. The molecule has 1 aromatic rings. The first-order valence-corrected chi connectivity index (χ1v) is 8.77. The summed E-state index contributed by atoms with van der Waals surface area (Å²) < 4.78 is 26.0. The Bertz CT molecular complexity index is 601. The van der Waals surface area contributed by atoms with E-state index < -0.39 is 10.0 Å². The number of nitrogens with zero attached hydrogens (tertiary/aromatic N) is 1. The van der Waals surface area contributed by atoms with Gasteiger partial charge in [0.15, 0.2) is 0 Å². The Hall–Kier alpha value is -1.31. The van der Waals surface area contributed by atoms with Gasteiger partial charge in [-0.25, -0.2) is 8.42 Å². The summed E-state index contributed by atoms with van der Waals surface area (Å²) in [6.45, 7) is 4.72. The fourth-order valence-electron chi connectivity index (χ4n) is 2.27. The maximum Gasteiger partial charge on any atom is 0.254 e. The van der Waals surface area contributed by atoms with Crippen molar-refractivity contribution in [3.8, 4) is 0 Å². The molecule has 6 nitrogen and oxygen atoms in total. The fourth-order valence-corrected chi connectivity index (χ4v) is 3.39. The Morgan fingerprint density at radius 3 is 2.64 bits per heavy atom. The fraction of sp³-hybridized carbons (Fsp3) is 0.500. The molecule has 0 unspecified atom stereocenters. The number of sulfonamides is 1. The van der Waals surface area contributed by atoms with Gasteiger partial charge in [0.2, 0.25) is 10.0 Å². The van der Waals surface area contributed by atoms with Crippen molar-refractivity contribution in [2.75, 3.05) is 36.7 Å². The van der Waals surface area contributed by atoms with Crippen LogP contribution in [0.1, 0.15) is 23.7 Å². The first-order valence-electron chi connectivity index (χ1n) is 7.12. The average Bonchev–Trinajstić information content (AvgIpc) is 2.47. The highest BCUT2D eigenvalue weighted by Gasteiger charge is 2.18. The van der Waals surface area contributed by atoms with Gasteiger partial charge in [-0.2, -0.15) is 0 Å². The lowest BCUT2D eigenvalue weighted by atomic mass is 10.1. The Morgan fingerprint density at radius 2 is 2.00 bits per heavy atom. The predicted molar refractivity (Wildman–Crippen MR) is 90.2 cm³/mol. The zero-order valence-electron chi connectivity index (χ0n) is 12.5. The minimum Gasteiger partial charge on any atom is -0.336 e. The average molecular weight is 348 g/mol. The normalized spacial score (nSPS) is 15.0. The Balaban J connectivity index is 0.00000242. The zero-order valence-corrected chi connectivity index (χ0v) is 14.2. The maximum atomic E-state index is 12.4. The molecule has 2 rings (SSSR count). The number of hydrogen-bond donors (Lipinski definition) is 2. The molecule has 0 atom stereocenters. The molecule has 0 aromatic heterocycles. The van der Waals surface area contributed by atoms with Gasteiger partial charge in [-0.05, 0) is 24.6 Å². The van der Waals surface area contributed by atoms with Crippen molar-refractivity contribution in [2.24, 2.45) is 0 Å². The predicted octanol–water partition coefficient (Wildman–Crippen LogP) is 1.31. The van der Waals surface area contributed by atoms with Gasteiger partial charge >= 0.3 is 0 Å². The number of rotatable bonds is 5. The molecule has 1 fully saturated rings. The summed E-state index contributed by atoms with van der Waals surface area (Å²) in [6.07, 6.45) is 0.550. The summed E-state index contributed by atoms with van der Waals surface area (Å²) in [4.78, 5) is 14.1. The van der Waals surface area contributed by atoms with E-state index in [-0.39, 0.29) is 24.1 Å². The number of piperazine rings is 1. The third kappa shape index (κ3) is 5.15. The van der Waals surface area contributed by atoms with Gasteiger partial charge < -0.3 is 10.2 Å². The molecule has 124 valence electrons. The molecule has 0 spiro atoms. The van der Waals surface area contributed by atoms with E-state index in [1.54, 1.807) is 29.2 Å². The van der Waals surface area contributed by atoms with Gasteiger partial charge in [-0.15, -0.1) is 12.4 Å². The summed E-state index contributed by atoms with van der Waals surface area (Å²) >= 11 is 0. The van der Waals surface area contributed by atoms with Gasteiger partial charge in [0.1, 0.15) is 0 Å². The van der Waals surface area contributed by atoms with Crippen LogP contribution in [0.2, 0.25) is 0 Å². The van der Waals surface area contributed by atoms with Crippen LogP contribution in [-0.4, -0.2) is 51.2 Å². The highest BCUT2D eigenvalue weighted by atomic mass is 35.5. The SMILES string of the molecule is CCCS(=O)(=O)Nc1cccc(C(=O)N2CCNCC2)c1.Cl. The smallest absolute Gasteiger partial charge is 0.254 e.